The Morgan fingerprint density at radius 3 is 2.50 bits per heavy atom. The van der Waals surface area contributed by atoms with Crippen LogP contribution in [0.3, 0.4) is 0 Å². The van der Waals surface area contributed by atoms with Gasteiger partial charge >= 0.3 is 6.03 Å². The van der Waals surface area contributed by atoms with E-state index in [2.05, 4.69) is 10.2 Å². The Bertz CT molecular complexity index is 530. The number of aliphatic hydroxyl groups is 1. The standard InChI is InChI=1S/C18H29N3O3/c1-3-15(12-14(2)13-22)19-18(24)21-10-8-20(9-11-21)16-6-4-5-7-17(16)23/h4-7,14-15,22-23H,3,8-13H2,1-2H3,(H,19,24). The fraction of sp³-hybridized carbons (Fsp3) is 0.611. The lowest BCUT2D eigenvalue weighted by atomic mass is 10.0. The quantitative estimate of drug-likeness (QED) is 0.743. The van der Waals surface area contributed by atoms with Gasteiger partial charge in [-0.2, -0.15) is 0 Å². The number of phenolic OH excluding ortho intramolecular Hbond substituents is 1. The number of nitrogens with zero attached hydrogens (tertiary/aromatic N) is 2. The van der Waals surface area contributed by atoms with E-state index >= 15 is 0 Å². The second kappa shape index (κ2) is 8.78. The first-order valence-electron chi connectivity index (χ1n) is 8.74. The Kier molecular flexibility index (Phi) is 6.73. The minimum atomic E-state index is -0.0380. The molecular formula is C18H29N3O3. The normalized spacial score (nSPS) is 17.5. The lowest BCUT2D eigenvalue weighted by Crippen LogP contribution is -2.53. The highest BCUT2D eigenvalue weighted by Gasteiger charge is 2.24. The van der Waals surface area contributed by atoms with Crippen LogP contribution in [0, 0.1) is 5.92 Å². The third-order valence-corrected chi connectivity index (χ3v) is 4.61. The number of amides is 2. The van der Waals surface area contributed by atoms with E-state index < -0.39 is 0 Å². The number of carbonyl (C=O) groups excluding carboxylic acids is 1. The number of para-hydroxylation sites is 2. The Labute approximate surface area is 144 Å². The fourth-order valence-electron chi connectivity index (χ4n) is 3.04. The van der Waals surface area contributed by atoms with Gasteiger partial charge in [-0.3, -0.25) is 0 Å². The first-order chi connectivity index (χ1) is 11.5. The van der Waals surface area contributed by atoms with Crippen molar-refractivity contribution in [2.45, 2.75) is 32.7 Å². The number of aromatic hydroxyl groups is 1. The van der Waals surface area contributed by atoms with Gasteiger partial charge in [0.05, 0.1) is 5.69 Å². The summed E-state index contributed by atoms with van der Waals surface area (Å²) >= 11 is 0. The number of nitrogens with one attached hydrogen (secondary N) is 1. The van der Waals surface area contributed by atoms with Crippen molar-refractivity contribution in [3.05, 3.63) is 24.3 Å². The van der Waals surface area contributed by atoms with Crippen LogP contribution >= 0.6 is 0 Å². The number of rotatable bonds is 6. The van der Waals surface area contributed by atoms with Gasteiger partial charge in [-0.1, -0.05) is 26.0 Å². The molecule has 1 saturated heterocycles. The van der Waals surface area contributed by atoms with Crippen LogP contribution in [0.15, 0.2) is 24.3 Å². The lowest BCUT2D eigenvalue weighted by Gasteiger charge is -2.37. The van der Waals surface area contributed by atoms with Crippen LogP contribution in [0.5, 0.6) is 5.75 Å². The van der Waals surface area contributed by atoms with Crippen molar-refractivity contribution < 1.29 is 15.0 Å². The molecule has 1 aromatic carbocycles. The Morgan fingerprint density at radius 1 is 1.25 bits per heavy atom. The van der Waals surface area contributed by atoms with Crippen molar-refractivity contribution in [1.82, 2.24) is 10.2 Å². The fourth-order valence-corrected chi connectivity index (χ4v) is 3.04. The van der Waals surface area contributed by atoms with Crippen LogP contribution in [-0.4, -0.2) is 60.0 Å². The monoisotopic (exact) mass is 335 g/mol. The van der Waals surface area contributed by atoms with Crippen LogP contribution in [0.4, 0.5) is 10.5 Å². The van der Waals surface area contributed by atoms with E-state index in [-0.39, 0.29) is 30.3 Å². The number of urea groups is 1. The Balaban J connectivity index is 1.85. The molecule has 0 bridgehead atoms. The largest absolute Gasteiger partial charge is 0.506 e. The van der Waals surface area contributed by atoms with E-state index in [4.69, 9.17) is 0 Å². The molecule has 0 aromatic heterocycles. The molecule has 0 radical (unpaired) electrons. The van der Waals surface area contributed by atoms with Gasteiger partial charge in [0.15, 0.2) is 0 Å². The van der Waals surface area contributed by atoms with E-state index in [0.717, 1.165) is 18.5 Å². The molecule has 0 saturated carbocycles. The SMILES string of the molecule is CCC(CC(C)CO)NC(=O)N1CCN(c2ccccc2O)CC1. The number of carbonyl (C=O) groups is 1. The maximum atomic E-state index is 12.4. The Hall–Kier alpha value is -1.95. The molecule has 0 spiro atoms. The van der Waals surface area contributed by atoms with Gasteiger partial charge in [0.25, 0.3) is 0 Å². The second-order valence-corrected chi connectivity index (χ2v) is 6.54. The molecule has 2 rings (SSSR count). The molecule has 1 aromatic rings. The van der Waals surface area contributed by atoms with E-state index in [0.29, 0.717) is 26.2 Å². The maximum absolute atomic E-state index is 12.4. The minimum Gasteiger partial charge on any atom is -0.506 e. The van der Waals surface area contributed by atoms with Gasteiger partial charge in [-0.05, 0) is 30.9 Å². The number of hydrogen-bond acceptors (Lipinski definition) is 4. The van der Waals surface area contributed by atoms with Crippen molar-refractivity contribution in [2.24, 2.45) is 5.92 Å². The summed E-state index contributed by atoms with van der Waals surface area (Å²) in [5.41, 5.74) is 0.820. The van der Waals surface area contributed by atoms with E-state index in [1.54, 1.807) is 12.1 Å². The predicted octanol–water partition coefficient (Wildman–Crippen LogP) is 2.02. The average molecular weight is 335 g/mol. The zero-order valence-corrected chi connectivity index (χ0v) is 14.6. The summed E-state index contributed by atoms with van der Waals surface area (Å²) in [7, 11) is 0. The van der Waals surface area contributed by atoms with E-state index in [1.807, 2.05) is 30.9 Å². The molecule has 1 fully saturated rings. The van der Waals surface area contributed by atoms with Crippen LogP contribution in [-0.2, 0) is 0 Å². The molecule has 1 heterocycles. The Morgan fingerprint density at radius 2 is 1.92 bits per heavy atom. The highest BCUT2D eigenvalue weighted by atomic mass is 16.3. The van der Waals surface area contributed by atoms with Crippen molar-refractivity contribution >= 4 is 11.7 Å². The number of hydrogen-bond donors (Lipinski definition) is 3. The zero-order chi connectivity index (χ0) is 17.5. The third-order valence-electron chi connectivity index (χ3n) is 4.61. The van der Waals surface area contributed by atoms with Crippen LogP contribution in [0.2, 0.25) is 0 Å². The number of aliphatic hydroxyl groups excluding tert-OH is 1. The summed E-state index contributed by atoms with van der Waals surface area (Å²) in [6, 6.07) is 7.35. The summed E-state index contributed by atoms with van der Waals surface area (Å²) < 4.78 is 0. The number of anilines is 1. The molecule has 3 N–H and O–H groups in total. The predicted molar refractivity (Wildman–Crippen MR) is 95.4 cm³/mol. The summed E-state index contributed by atoms with van der Waals surface area (Å²) in [5, 5.41) is 22.2. The van der Waals surface area contributed by atoms with Crippen LogP contribution in [0.1, 0.15) is 26.7 Å². The van der Waals surface area contributed by atoms with Gasteiger partial charge in [0.1, 0.15) is 5.75 Å². The van der Waals surface area contributed by atoms with Gasteiger partial charge in [-0.15, -0.1) is 0 Å². The van der Waals surface area contributed by atoms with Gasteiger partial charge < -0.3 is 25.3 Å². The number of benzene rings is 1. The molecular weight excluding hydrogens is 306 g/mol. The van der Waals surface area contributed by atoms with Crippen molar-refractivity contribution in [3.63, 3.8) is 0 Å². The summed E-state index contributed by atoms with van der Waals surface area (Å²) in [6.07, 6.45) is 1.64. The second-order valence-electron chi connectivity index (χ2n) is 6.54. The van der Waals surface area contributed by atoms with Crippen LogP contribution < -0.4 is 10.2 Å². The minimum absolute atomic E-state index is 0.0380. The topological polar surface area (TPSA) is 76.0 Å². The smallest absolute Gasteiger partial charge is 0.317 e. The molecule has 2 unspecified atom stereocenters. The summed E-state index contributed by atoms with van der Waals surface area (Å²) in [4.78, 5) is 16.4. The molecule has 134 valence electrons. The molecule has 0 aliphatic carbocycles. The van der Waals surface area contributed by atoms with Crippen molar-refractivity contribution in [3.8, 4) is 5.75 Å². The van der Waals surface area contributed by atoms with Crippen LogP contribution in [0.25, 0.3) is 0 Å². The van der Waals surface area contributed by atoms with Crippen molar-refractivity contribution in [2.75, 3.05) is 37.7 Å². The van der Waals surface area contributed by atoms with E-state index in [1.165, 1.54) is 0 Å². The lowest BCUT2D eigenvalue weighted by molar-refractivity contribution is 0.181. The van der Waals surface area contributed by atoms with Gasteiger partial charge in [-0.25, -0.2) is 4.79 Å². The molecule has 1 aliphatic heterocycles. The highest BCUT2D eigenvalue weighted by molar-refractivity contribution is 5.75. The summed E-state index contributed by atoms with van der Waals surface area (Å²) in [5.74, 6) is 0.465. The van der Waals surface area contributed by atoms with Gasteiger partial charge in [0.2, 0.25) is 0 Å². The van der Waals surface area contributed by atoms with Crippen molar-refractivity contribution in [1.29, 1.82) is 0 Å². The summed E-state index contributed by atoms with van der Waals surface area (Å²) in [6.45, 7) is 6.85. The highest BCUT2D eigenvalue weighted by Crippen LogP contribution is 2.27. The first kappa shape index (κ1) is 18.4. The third kappa shape index (κ3) is 4.77. The van der Waals surface area contributed by atoms with Gasteiger partial charge in [0, 0.05) is 38.8 Å². The van der Waals surface area contributed by atoms with E-state index in [9.17, 15) is 15.0 Å². The number of phenols is 1. The molecule has 24 heavy (non-hydrogen) atoms. The molecule has 2 amide bonds. The molecule has 2 atom stereocenters. The average Bonchev–Trinajstić information content (AvgIpc) is 2.61. The molecule has 6 heteroatoms. The number of piperazine rings is 1. The molecule has 6 nitrogen and oxygen atoms in total. The first-order valence-corrected chi connectivity index (χ1v) is 8.74. The maximum Gasteiger partial charge on any atom is 0.317 e. The molecule has 1 aliphatic rings. The zero-order valence-electron chi connectivity index (χ0n) is 14.6.